The summed E-state index contributed by atoms with van der Waals surface area (Å²) in [5.74, 6) is -0.398. The zero-order valence-corrected chi connectivity index (χ0v) is 14.3. The van der Waals surface area contributed by atoms with E-state index in [0.717, 1.165) is 23.7 Å². The summed E-state index contributed by atoms with van der Waals surface area (Å²) in [4.78, 5) is 29.1. The summed E-state index contributed by atoms with van der Waals surface area (Å²) in [5, 5.41) is 6.42. The van der Waals surface area contributed by atoms with E-state index < -0.39 is 6.04 Å². The summed E-state index contributed by atoms with van der Waals surface area (Å²) < 4.78 is 1.81. The van der Waals surface area contributed by atoms with E-state index in [2.05, 4.69) is 15.6 Å². The van der Waals surface area contributed by atoms with Crippen molar-refractivity contribution in [2.24, 2.45) is 0 Å². The lowest BCUT2D eigenvalue weighted by Gasteiger charge is -2.16. The maximum absolute atomic E-state index is 12.7. The number of amides is 2. The molecule has 24 heavy (non-hydrogen) atoms. The topological polar surface area (TPSA) is 76.0 Å². The molecule has 2 N–H and O–H groups in total. The lowest BCUT2D eigenvalue weighted by atomic mass is 10.1. The fourth-order valence-corrected chi connectivity index (χ4v) is 3.32. The molecule has 0 saturated carbocycles. The minimum atomic E-state index is -0.489. The van der Waals surface area contributed by atoms with Crippen molar-refractivity contribution in [2.45, 2.75) is 30.5 Å². The summed E-state index contributed by atoms with van der Waals surface area (Å²) in [6, 6.07) is 9.12. The van der Waals surface area contributed by atoms with E-state index in [4.69, 9.17) is 0 Å². The number of aromatic nitrogens is 2. The van der Waals surface area contributed by atoms with Crippen LogP contribution < -0.4 is 10.6 Å². The smallest absolute Gasteiger partial charge is 0.270 e. The standard InChI is InChI=1S/C17H20N4O2S/c1-24-17-19-11-14(21(17)12-7-3-2-4-8-12)16(23)20-13-9-5-6-10-18-15(13)22/h2-4,7-8,11,13H,5-6,9-10H2,1H3,(H,18,22)(H,20,23)/t13-/m0/s1. The molecule has 0 spiro atoms. The number of hydrogen-bond acceptors (Lipinski definition) is 4. The number of imidazole rings is 1. The number of rotatable bonds is 4. The monoisotopic (exact) mass is 344 g/mol. The second kappa shape index (κ2) is 7.53. The van der Waals surface area contributed by atoms with Crippen LogP contribution in [0.1, 0.15) is 29.8 Å². The molecule has 1 aromatic carbocycles. The van der Waals surface area contributed by atoms with Crippen LogP contribution in [0.3, 0.4) is 0 Å². The molecule has 0 aliphatic carbocycles. The molecule has 7 heteroatoms. The van der Waals surface area contributed by atoms with E-state index in [1.165, 1.54) is 11.8 Å². The molecule has 1 fully saturated rings. The van der Waals surface area contributed by atoms with E-state index >= 15 is 0 Å². The summed E-state index contributed by atoms with van der Waals surface area (Å²) >= 11 is 1.47. The highest BCUT2D eigenvalue weighted by Gasteiger charge is 2.25. The largest absolute Gasteiger partial charge is 0.354 e. The van der Waals surface area contributed by atoms with Crippen LogP contribution in [0.5, 0.6) is 0 Å². The van der Waals surface area contributed by atoms with Crippen LogP contribution in [0.2, 0.25) is 0 Å². The van der Waals surface area contributed by atoms with Crippen molar-refractivity contribution in [3.05, 3.63) is 42.2 Å². The van der Waals surface area contributed by atoms with Gasteiger partial charge < -0.3 is 10.6 Å². The van der Waals surface area contributed by atoms with Crippen LogP contribution in [-0.4, -0.2) is 40.2 Å². The minimum Gasteiger partial charge on any atom is -0.354 e. The Morgan fingerprint density at radius 2 is 2.12 bits per heavy atom. The van der Waals surface area contributed by atoms with Gasteiger partial charge in [-0.3, -0.25) is 14.2 Å². The van der Waals surface area contributed by atoms with Gasteiger partial charge in [-0.15, -0.1) is 0 Å². The van der Waals surface area contributed by atoms with E-state index in [9.17, 15) is 9.59 Å². The lowest BCUT2D eigenvalue weighted by molar-refractivity contribution is -0.122. The first-order valence-electron chi connectivity index (χ1n) is 7.96. The number of nitrogens with one attached hydrogen (secondary N) is 2. The predicted molar refractivity (Wildman–Crippen MR) is 93.5 cm³/mol. The van der Waals surface area contributed by atoms with Gasteiger partial charge in [-0.05, 0) is 37.7 Å². The Morgan fingerprint density at radius 1 is 1.33 bits per heavy atom. The fraction of sp³-hybridized carbons (Fsp3) is 0.353. The van der Waals surface area contributed by atoms with Gasteiger partial charge in [0.2, 0.25) is 5.91 Å². The average molecular weight is 344 g/mol. The van der Waals surface area contributed by atoms with Crippen molar-refractivity contribution in [3.8, 4) is 5.69 Å². The Hall–Kier alpha value is -2.28. The number of nitrogens with zero attached hydrogens (tertiary/aromatic N) is 2. The Kier molecular flexibility index (Phi) is 5.20. The summed E-state index contributed by atoms with van der Waals surface area (Å²) in [6.45, 7) is 0.670. The van der Waals surface area contributed by atoms with Crippen molar-refractivity contribution in [1.82, 2.24) is 20.2 Å². The highest BCUT2D eigenvalue weighted by molar-refractivity contribution is 7.98. The maximum atomic E-state index is 12.7. The molecule has 2 amide bonds. The number of benzene rings is 1. The predicted octanol–water partition coefficient (Wildman–Crippen LogP) is 1.99. The minimum absolute atomic E-state index is 0.114. The van der Waals surface area contributed by atoms with Crippen LogP contribution in [0.15, 0.2) is 41.7 Å². The number of para-hydroxylation sites is 1. The van der Waals surface area contributed by atoms with Gasteiger partial charge in [0.25, 0.3) is 5.91 Å². The summed E-state index contributed by atoms with van der Waals surface area (Å²) in [7, 11) is 0. The first-order valence-corrected chi connectivity index (χ1v) is 9.19. The molecule has 0 unspecified atom stereocenters. The molecule has 1 atom stereocenters. The number of carbonyl (C=O) groups is 2. The van der Waals surface area contributed by atoms with Gasteiger partial charge in [0, 0.05) is 12.2 Å². The second-order valence-corrected chi connectivity index (χ2v) is 6.39. The van der Waals surface area contributed by atoms with E-state index in [0.29, 0.717) is 18.7 Å². The van der Waals surface area contributed by atoms with Crippen molar-refractivity contribution in [2.75, 3.05) is 12.8 Å². The van der Waals surface area contributed by atoms with Gasteiger partial charge in [0.05, 0.1) is 6.20 Å². The van der Waals surface area contributed by atoms with Crippen LogP contribution in [0.25, 0.3) is 5.69 Å². The fourth-order valence-electron chi connectivity index (χ4n) is 2.77. The molecule has 1 aromatic heterocycles. The van der Waals surface area contributed by atoms with Crippen molar-refractivity contribution in [3.63, 3.8) is 0 Å². The maximum Gasteiger partial charge on any atom is 0.270 e. The lowest BCUT2D eigenvalue weighted by Crippen LogP contribution is -2.45. The highest BCUT2D eigenvalue weighted by Crippen LogP contribution is 2.21. The average Bonchev–Trinajstić information content (AvgIpc) is 2.95. The number of thioether (sulfide) groups is 1. The molecule has 1 aliphatic heterocycles. The normalized spacial score (nSPS) is 17.9. The summed E-state index contributed by atoms with van der Waals surface area (Å²) in [5.41, 5.74) is 1.30. The number of carbonyl (C=O) groups excluding carboxylic acids is 2. The third-order valence-electron chi connectivity index (χ3n) is 4.00. The van der Waals surface area contributed by atoms with Crippen molar-refractivity contribution >= 4 is 23.6 Å². The Balaban J connectivity index is 1.87. The quantitative estimate of drug-likeness (QED) is 0.832. The molecule has 1 saturated heterocycles. The third-order valence-corrected chi connectivity index (χ3v) is 4.65. The van der Waals surface area contributed by atoms with E-state index in [1.54, 1.807) is 6.20 Å². The third kappa shape index (κ3) is 3.46. The first-order chi connectivity index (χ1) is 11.7. The Morgan fingerprint density at radius 3 is 2.88 bits per heavy atom. The van der Waals surface area contributed by atoms with Gasteiger partial charge in [0.15, 0.2) is 5.16 Å². The highest BCUT2D eigenvalue weighted by atomic mass is 32.2. The van der Waals surface area contributed by atoms with Crippen LogP contribution in [-0.2, 0) is 4.79 Å². The molecule has 0 radical (unpaired) electrons. The molecule has 2 heterocycles. The van der Waals surface area contributed by atoms with Crippen LogP contribution >= 0.6 is 11.8 Å². The van der Waals surface area contributed by atoms with Gasteiger partial charge >= 0.3 is 0 Å². The van der Waals surface area contributed by atoms with Crippen LogP contribution in [0, 0.1) is 0 Å². The van der Waals surface area contributed by atoms with Gasteiger partial charge in [0.1, 0.15) is 11.7 Å². The van der Waals surface area contributed by atoms with Crippen molar-refractivity contribution < 1.29 is 9.59 Å². The number of hydrogen-bond donors (Lipinski definition) is 2. The van der Waals surface area contributed by atoms with E-state index in [1.807, 2.05) is 41.2 Å². The molecular weight excluding hydrogens is 324 g/mol. The molecule has 3 rings (SSSR count). The Labute approximate surface area is 145 Å². The van der Waals surface area contributed by atoms with Crippen LogP contribution in [0.4, 0.5) is 0 Å². The van der Waals surface area contributed by atoms with Crippen molar-refractivity contribution in [1.29, 1.82) is 0 Å². The molecule has 6 nitrogen and oxygen atoms in total. The second-order valence-electron chi connectivity index (χ2n) is 5.61. The molecule has 2 aromatic rings. The van der Waals surface area contributed by atoms with Gasteiger partial charge in [-0.25, -0.2) is 4.98 Å². The molecular formula is C17H20N4O2S. The summed E-state index contributed by atoms with van der Waals surface area (Å²) in [6.07, 6.45) is 5.99. The van der Waals surface area contributed by atoms with Gasteiger partial charge in [-0.1, -0.05) is 30.0 Å². The zero-order chi connectivity index (χ0) is 16.9. The molecule has 126 valence electrons. The van der Waals surface area contributed by atoms with E-state index in [-0.39, 0.29) is 11.8 Å². The zero-order valence-electron chi connectivity index (χ0n) is 13.5. The molecule has 0 bridgehead atoms. The Bertz CT molecular complexity index is 729. The first kappa shape index (κ1) is 16.6. The molecule has 1 aliphatic rings. The SMILES string of the molecule is CSc1ncc(C(=O)N[C@H]2CCCCNC2=O)n1-c1ccccc1. The van der Waals surface area contributed by atoms with Gasteiger partial charge in [-0.2, -0.15) is 0 Å².